The maximum atomic E-state index is 12.2. The van der Waals surface area contributed by atoms with E-state index in [0.29, 0.717) is 5.02 Å². The maximum absolute atomic E-state index is 12.2. The Labute approximate surface area is 86.4 Å². The summed E-state index contributed by atoms with van der Waals surface area (Å²) in [6.07, 6.45) is 0. The highest BCUT2D eigenvalue weighted by atomic mass is 35.5. The summed E-state index contributed by atoms with van der Waals surface area (Å²) in [4.78, 5) is 10.8. The molecule has 1 amide bonds. The van der Waals surface area contributed by atoms with Crippen molar-refractivity contribution in [1.29, 1.82) is 0 Å². The van der Waals surface area contributed by atoms with Gasteiger partial charge in [0.1, 0.15) is 0 Å². The molecule has 1 aromatic rings. The monoisotopic (exact) mass is 213 g/mol. The number of rotatable bonds is 3. The minimum absolute atomic E-state index is 0.238. The third-order valence-electron chi connectivity index (χ3n) is 1.59. The van der Waals surface area contributed by atoms with Crippen LogP contribution < -0.4 is 5.32 Å². The first-order chi connectivity index (χ1) is 6.59. The molecule has 0 unspecified atom stereocenters. The lowest BCUT2D eigenvalue weighted by Crippen LogP contribution is -2.22. The zero-order valence-electron chi connectivity index (χ0n) is 7.39. The number of carbonyl (C=O) groups is 1. The van der Waals surface area contributed by atoms with Crippen LogP contribution in [0.5, 0.6) is 0 Å². The lowest BCUT2D eigenvalue weighted by molar-refractivity contribution is -0.119. The predicted molar refractivity (Wildman–Crippen MR) is 53.5 cm³/mol. The molecule has 74 valence electrons. The summed E-state index contributed by atoms with van der Waals surface area (Å²) in [5.74, 6) is -1.79. The van der Waals surface area contributed by atoms with E-state index in [1.54, 1.807) is 24.3 Å². The van der Waals surface area contributed by atoms with Crippen molar-refractivity contribution in [3.05, 3.63) is 47.3 Å². The van der Waals surface area contributed by atoms with Gasteiger partial charge < -0.3 is 5.32 Å². The Kier molecular flexibility index (Phi) is 3.65. The molecule has 1 N–H and O–H groups in total. The largest absolute Gasteiger partial charge is 0.346 e. The van der Waals surface area contributed by atoms with Crippen LogP contribution in [0, 0.1) is 0 Å². The van der Waals surface area contributed by atoms with Gasteiger partial charge in [0, 0.05) is 11.6 Å². The molecule has 0 heterocycles. The van der Waals surface area contributed by atoms with E-state index >= 15 is 0 Å². The van der Waals surface area contributed by atoms with E-state index in [9.17, 15) is 9.18 Å². The highest BCUT2D eigenvalue weighted by molar-refractivity contribution is 6.30. The van der Waals surface area contributed by atoms with Crippen molar-refractivity contribution in [2.75, 3.05) is 0 Å². The van der Waals surface area contributed by atoms with E-state index in [1.807, 2.05) is 0 Å². The van der Waals surface area contributed by atoms with Gasteiger partial charge >= 0.3 is 0 Å². The van der Waals surface area contributed by atoms with Gasteiger partial charge in [0.15, 0.2) is 5.83 Å². The summed E-state index contributed by atoms with van der Waals surface area (Å²) in [7, 11) is 0. The van der Waals surface area contributed by atoms with E-state index in [4.69, 9.17) is 11.6 Å². The quantitative estimate of drug-likeness (QED) is 0.768. The molecule has 0 aliphatic rings. The topological polar surface area (TPSA) is 29.1 Å². The maximum Gasteiger partial charge on any atom is 0.279 e. The fourth-order valence-corrected chi connectivity index (χ4v) is 1.14. The normalized spacial score (nSPS) is 9.57. The highest BCUT2D eigenvalue weighted by Crippen LogP contribution is 2.10. The second kappa shape index (κ2) is 4.77. The van der Waals surface area contributed by atoms with E-state index in [0.717, 1.165) is 5.56 Å². The van der Waals surface area contributed by atoms with Crippen LogP contribution in [0.2, 0.25) is 5.02 Å². The Balaban J connectivity index is 2.54. The summed E-state index contributed by atoms with van der Waals surface area (Å²) < 4.78 is 12.2. The van der Waals surface area contributed by atoms with Crippen LogP contribution in [0.3, 0.4) is 0 Å². The summed E-state index contributed by atoms with van der Waals surface area (Å²) in [5.41, 5.74) is 0.812. The Morgan fingerprint density at radius 3 is 2.86 bits per heavy atom. The molecule has 14 heavy (non-hydrogen) atoms. The number of amides is 1. The summed E-state index contributed by atoms with van der Waals surface area (Å²) in [6.45, 7) is 3.12. The Morgan fingerprint density at radius 2 is 2.29 bits per heavy atom. The molecule has 4 heteroatoms. The molecule has 0 saturated heterocycles. The first-order valence-corrected chi connectivity index (χ1v) is 4.34. The van der Waals surface area contributed by atoms with Crippen molar-refractivity contribution in [3.8, 4) is 0 Å². The Morgan fingerprint density at radius 1 is 1.57 bits per heavy atom. The van der Waals surface area contributed by atoms with Gasteiger partial charge in [0.25, 0.3) is 5.91 Å². The average molecular weight is 214 g/mol. The van der Waals surface area contributed by atoms with Crippen molar-refractivity contribution in [3.63, 3.8) is 0 Å². The van der Waals surface area contributed by atoms with Crippen LogP contribution >= 0.6 is 11.6 Å². The van der Waals surface area contributed by atoms with Gasteiger partial charge in [-0.15, -0.1) is 0 Å². The second-order valence-corrected chi connectivity index (χ2v) is 3.15. The third-order valence-corrected chi connectivity index (χ3v) is 1.82. The minimum Gasteiger partial charge on any atom is -0.346 e. The van der Waals surface area contributed by atoms with Gasteiger partial charge in [-0.2, -0.15) is 0 Å². The van der Waals surface area contributed by atoms with Gasteiger partial charge in [0.05, 0.1) is 0 Å². The molecule has 0 atom stereocenters. The Hall–Kier alpha value is -1.35. The molecule has 0 fully saturated rings. The summed E-state index contributed by atoms with van der Waals surface area (Å²) in [5, 5.41) is 2.93. The predicted octanol–water partition coefficient (Wildman–Crippen LogP) is 2.44. The summed E-state index contributed by atoms with van der Waals surface area (Å²) in [6, 6.07) is 6.96. The molecule has 0 aromatic heterocycles. The zero-order chi connectivity index (χ0) is 10.6. The van der Waals surface area contributed by atoms with E-state index < -0.39 is 11.7 Å². The number of nitrogens with one attached hydrogen (secondary N) is 1. The lowest BCUT2D eigenvalue weighted by Gasteiger charge is -2.03. The number of hydrogen-bond acceptors (Lipinski definition) is 1. The van der Waals surface area contributed by atoms with Crippen LogP contribution in [-0.2, 0) is 11.3 Å². The second-order valence-electron chi connectivity index (χ2n) is 2.72. The molecule has 2 nitrogen and oxygen atoms in total. The van der Waals surface area contributed by atoms with E-state index in [-0.39, 0.29) is 6.54 Å². The van der Waals surface area contributed by atoms with Gasteiger partial charge in [-0.05, 0) is 17.7 Å². The van der Waals surface area contributed by atoms with Crippen molar-refractivity contribution in [1.82, 2.24) is 5.32 Å². The number of carbonyl (C=O) groups excluding carboxylic acids is 1. The number of halogens is 2. The van der Waals surface area contributed by atoms with Gasteiger partial charge in [-0.25, -0.2) is 4.39 Å². The van der Waals surface area contributed by atoms with Gasteiger partial charge in [0.2, 0.25) is 0 Å². The van der Waals surface area contributed by atoms with Crippen molar-refractivity contribution in [2.45, 2.75) is 6.54 Å². The molecule has 0 spiro atoms. The van der Waals surface area contributed by atoms with Crippen molar-refractivity contribution in [2.24, 2.45) is 0 Å². The molecule has 0 saturated carbocycles. The SMILES string of the molecule is C=C(F)C(=O)NCc1cccc(Cl)c1. The van der Waals surface area contributed by atoms with Gasteiger partial charge in [-0.1, -0.05) is 30.3 Å². The minimum atomic E-state index is -0.993. The van der Waals surface area contributed by atoms with Crippen molar-refractivity contribution >= 4 is 17.5 Å². The molecular weight excluding hydrogens is 205 g/mol. The van der Waals surface area contributed by atoms with Crippen LogP contribution in [0.4, 0.5) is 4.39 Å². The van der Waals surface area contributed by atoms with Crippen LogP contribution in [0.25, 0.3) is 0 Å². The van der Waals surface area contributed by atoms with E-state index in [1.165, 1.54) is 0 Å². The fourth-order valence-electron chi connectivity index (χ4n) is 0.925. The molecular formula is C10H9ClFNO. The molecule has 1 rings (SSSR count). The molecule has 0 radical (unpaired) electrons. The molecule has 1 aromatic carbocycles. The van der Waals surface area contributed by atoms with Crippen LogP contribution in [0.1, 0.15) is 5.56 Å². The Bertz CT molecular complexity index is 365. The molecule has 0 aliphatic heterocycles. The number of benzene rings is 1. The average Bonchev–Trinajstić information content (AvgIpc) is 2.14. The van der Waals surface area contributed by atoms with Gasteiger partial charge in [-0.3, -0.25) is 4.79 Å². The third kappa shape index (κ3) is 3.18. The smallest absolute Gasteiger partial charge is 0.279 e. The first kappa shape index (κ1) is 10.7. The van der Waals surface area contributed by atoms with Crippen molar-refractivity contribution < 1.29 is 9.18 Å². The molecule has 0 bridgehead atoms. The fraction of sp³-hybridized carbons (Fsp3) is 0.100. The highest BCUT2D eigenvalue weighted by Gasteiger charge is 2.04. The number of hydrogen-bond donors (Lipinski definition) is 1. The van der Waals surface area contributed by atoms with Crippen LogP contribution in [0.15, 0.2) is 36.7 Å². The first-order valence-electron chi connectivity index (χ1n) is 3.96. The van der Waals surface area contributed by atoms with Crippen LogP contribution in [-0.4, -0.2) is 5.91 Å². The summed E-state index contributed by atoms with van der Waals surface area (Å²) >= 11 is 5.72. The zero-order valence-corrected chi connectivity index (χ0v) is 8.14. The standard InChI is InChI=1S/C10H9ClFNO/c1-7(12)10(14)13-6-8-3-2-4-9(11)5-8/h2-5H,1,6H2,(H,13,14). The lowest BCUT2D eigenvalue weighted by atomic mass is 10.2. The van der Waals surface area contributed by atoms with E-state index in [2.05, 4.69) is 11.9 Å². The molecule has 0 aliphatic carbocycles.